The van der Waals surface area contributed by atoms with Crippen molar-refractivity contribution in [3.05, 3.63) is 24.3 Å². The van der Waals surface area contributed by atoms with Gasteiger partial charge in [-0.15, -0.1) is 0 Å². The molecule has 136 valence electrons. The molecule has 1 aliphatic rings. The number of nitrogens with zero attached hydrogens (tertiary/aromatic N) is 1. The average Bonchev–Trinajstić information content (AvgIpc) is 2.89. The predicted molar refractivity (Wildman–Crippen MR) is 91.3 cm³/mol. The maximum atomic E-state index is 12.2. The summed E-state index contributed by atoms with van der Waals surface area (Å²) in [5.41, 5.74) is 0.377. The van der Waals surface area contributed by atoms with Crippen LogP contribution in [-0.4, -0.2) is 39.2 Å². The molecule has 0 spiro atoms. The number of anilines is 1. The van der Waals surface area contributed by atoms with Gasteiger partial charge in [0.05, 0.1) is 10.6 Å². The van der Waals surface area contributed by atoms with Crippen molar-refractivity contribution in [3.8, 4) is 0 Å². The van der Waals surface area contributed by atoms with Crippen LogP contribution in [0.2, 0.25) is 0 Å². The average molecular weight is 367 g/mol. The van der Waals surface area contributed by atoms with Crippen molar-refractivity contribution in [3.63, 3.8) is 0 Å². The molecule has 8 nitrogen and oxygen atoms in total. The van der Waals surface area contributed by atoms with E-state index in [0.29, 0.717) is 25.1 Å². The molecule has 1 aromatic rings. The van der Waals surface area contributed by atoms with E-state index in [2.05, 4.69) is 10.0 Å². The zero-order chi connectivity index (χ0) is 18.4. The van der Waals surface area contributed by atoms with Gasteiger partial charge in [-0.1, -0.05) is 0 Å². The van der Waals surface area contributed by atoms with Crippen LogP contribution in [0.15, 0.2) is 29.2 Å². The Morgan fingerprint density at radius 1 is 1.04 bits per heavy atom. The second-order valence-corrected chi connectivity index (χ2v) is 7.47. The van der Waals surface area contributed by atoms with Crippen LogP contribution in [0.1, 0.15) is 32.6 Å². The van der Waals surface area contributed by atoms with Crippen LogP contribution >= 0.6 is 0 Å². The Morgan fingerprint density at radius 2 is 1.60 bits per heavy atom. The lowest BCUT2D eigenvalue weighted by molar-refractivity contribution is -0.121. The van der Waals surface area contributed by atoms with Gasteiger partial charge in [0.2, 0.25) is 27.7 Å². The van der Waals surface area contributed by atoms with Crippen molar-refractivity contribution in [2.75, 3.05) is 18.0 Å². The number of sulfonamides is 1. The molecule has 1 aromatic carbocycles. The molecule has 2 rings (SSSR count). The highest BCUT2D eigenvalue weighted by Gasteiger charge is 2.30. The van der Waals surface area contributed by atoms with E-state index in [-0.39, 0.29) is 42.0 Å². The third-order valence-corrected chi connectivity index (χ3v) is 5.20. The zero-order valence-electron chi connectivity index (χ0n) is 13.9. The topological polar surface area (TPSA) is 113 Å². The lowest BCUT2D eigenvalue weighted by atomic mass is 10.3. The van der Waals surface area contributed by atoms with Crippen molar-refractivity contribution in [2.24, 2.45) is 0 Å². The highest BCUT2D eigenvalue weighted by Crippen LogP contribution is 2.23. The highest BCUT2D eigenvalue weighted by atomic mass is 32.2. The van der Waals surface area contributed by atoms with Crippen LogP contribution in [-0.2, 0) is 24.4 Å². The Labute approximate surface area is 146 Å². The van der Waals surface area contributed by atoms with Crippen molar-refractivity contribution in [2.45, 2.75) is 37.5 Å². The fourth-order valence-corrected chi connectivity index (χ4v) is 3.52. The summed E-state index contributed by atoms with van der Waals surface area (Å²) in [5, 5.41) is 2.64. The molecule has 0 bridgehead atoms. The van der Waals surface area contributed by atoms with Crippen LogP contribution in [0.5, 0.6) is 0 Å². The van der Waals surface area contributed by atoms with Crippen LogP contribution in [0.25, 0.3) is 0 Å². The fourth-order valence-electron chi connectivity index (χ4n) is 2.44. The van der Waals surface area contributed by atoms with E-state index in [1.165, 1.54) is 31.2 Å². The van der Waals surface area contributed by atoms with E-state index in [1.807, 2.05) is 0 Å². The molecular formula is C16H21N3O5S. The maximum absolute atomic E-state index is 12.2. The summed E-state index contributed by atoms with van der Waals surface area (Å²) in [6.07, 6.45) is 1.62. The third kappa shape index (κ3) is 5.10. The first-order chi connectivity index (χ1) is 11.8. The Morgan fingerprint density at radius 3 is 2.16 bits per heavy atom. The second kappa shape index (κ2) is 8.21. The van der Waals surface area contributed by atoms with Gasteiger partial charge in [0.15, 0.2) is 0 Å². The smallest absolute Gasteiger partial charge is 0.240 e. The number of amides is 3. The molecule has 0 radical (unpaired) electrons. The fraction of sp³-hybridized carbons (Fsp3) is 0.438. The molecule has 0 unspecified atom stereocenters. The Bertz CT molecular complexity index is 742. The number of unbranched alkanes of at least 4 members (excludes halogenated alkanes) is 1. The van der Waals surface area contributed by atoms with Gasteiger partial charge in [0, 0.05) is 32.9 Å². The molecule has 0 aliphatic carbocycles. The monoisotopic (exact) mass is 367 g/mol. The summed E-state index contributed by atoms with van der Waals surface area (Å²) in [4.78, 5) is 35.2. The van der Waals surface area contributed by atoms with Crippen molar-refractivity contribution < 1.29 is 22.8 Å². The van der Waals surface area contributed by atoms with Gasteiger partial charge in [-0.25, -0.2) is 13.1 Å². The molecule has 2 N–H and O–H groups in total. The number of benzene rings is 1. The second-order valence-electron chi connectivity index (χ2n) is 5.70. The quantitative estimate of drug-likeness (QED) is 0.514. The minimum absolute atomic E-state index is 0.0669. The summed E-state index contributed by atoms with van der Waals surface area (Å²) in [7, 11) is -3.66. The summed E-state index contributed by atoms with van der Waals surface area (Å²) >= 11 is 0. The van der Waals surface area contributed by atoms with Crippen molar-refractivity contribution >= 4 is 33.4 Å². The lowest BCUT2D eigenvalue weighted by Gasteiger charge is -2.14. The Hall–Kier alpha value is -2.26. The molecule has 1 aliphatic heterocycles. The lowest BCUT2D eigenvalue weighted by Crippen LogP contribution is -2.29. The molecule has 1 heterocycles. The SMILES string of the molecule is CC(=O)NCCCCNS(=O)(=O)c1ccc(N2C(=O)CCC2=O)cc1. The van der Waals surface area contributed by atoms with Crippen molar-refractivity contribution in [1.29, 1.82) is 0 Å². The molecule has 0 aromatic heterocycles. The van der Waals surface area contributed by atoms with Gasteiger partial charge < -0.3 is 5.32 Å². The van der Waals surface area contributed by atoms with E-state index in [0.717, 1.165) is 4.90 Å². The van der Waals surface area contributed by atoms with Gasteiger partial charge >= 0.3 is 0 Å². The van der Waals surface area contributed by atoms with E-state index < -0.39 is 10.0 Å². The van der Waals surface area contributed by atoms with E-state index in [9.17, 15) is 22.8 Å². The number of hydrogen-bond acceptors (Lipinski definition) is 5. The number of hydrogen-bond donors (Lipinski definition) is 2. The summed E-state index contributed by atoms with van der Waals surface area (Å²) in [5.74, 6) is -0.675. The van der Waals surface area contributed by atoms with Crippen LogP contribution in [0.3, 0.4) is 0 Å². The van der Waals surface area contributed by atoms with Crippen LogP contribution in [0.4, 0.5) is 5.69 Å². The number of carbonyl (C=O) groups excluding carboxylic acids is 3. The van der Waals surface area contributed by atoms with Crippen LogP contribution in [0, 0.1) is 0 Å². The van der Waals surface area contributed by atoms with Gasteiger partial charge in [-0.3, -0.25) is 19.3 Å². The Balaban J connectivity index is 1.90. The summed E-state index contributed by atoms with van der Waals surface area (Å²) in [6.45, 7) is 2.19. The number of rotatable bonds is 8. The van der Waals surface area contributed by atoms with Gasteiger partial charge in [0.1, 0.15) is 0 Å². The highest BCUT2D eigenvalue weighted by molar-refractivity contribution is 7.89. The van der Waals surface area contributed by atoms with E-state index in [1.54, 1.807) is 0 Å². The standard InChI is InChI=1S/C16H21N3O5S/c1-12(20)17-10-2-3-11-18-25(23,24)14-6-4-13(5-7-14)19-15(21)8-9-16(19)22/h4-7,18H,2-3,8-11H2,1H3,(H,17,20). The number of carbonyl (C=O) groups is 3. The molecule has 3 amide bonds. The van der Waals surface area contributed by atoms with E-state index >= 15 is 0 Å². The largest absolute Gasteiger partial charge is 0.356 e. The van der Waals surface area contributed by atoms with Gasteiger partial charge in [0.25, 0.3) is 0 Å². The first-order valence-electron chi connectivity index (χ1n) is 8.01. The molecule has 1 saturated heterocycles. The Kier molecular flexibility index (Phi) is 6.27. The third-order valence-electron chi connectivity index (χ3n) is 3.73. The first kappa shape index (κ1) is 19.1. The normalized spacial score (nSPS) is 14.8. The van der Waals surface area contributed by atoms with Gasteiger partial charge in [-0.2, -0.15) is 0 Å². The minimum atomic E-state index is -3.66. The first-order valence-corrected chi connectivity index (χ1v) is 9.49. The molecule has 9 heteroatoms. The predicted octanol–water partition coefficient (Wildman–Crippen LogP) is 0.535. The van der Waals surface area contributed by atoms with Crippen molar-refractivity contribution in [1.82, 2.24) is 10.0 Å². The summed E-state index contributed by atoms with van der Waals surface area (Å²) < 4.78 is 26.9. The minimum Gasteiger partial charge on any atom is -0.356 e. The number of nitrogens with one attached hydrogen (secondary N) is 2. The molecular weight excluding hydrogens is 346 g/mol. The van der Waals surface area contributed by atoms with E-state index in [4.69, 9.17) is 0 Å². The number of imide groups is 1. The molecule has 25 heavy (non-hydrogen) atoms. The summed E-state index contributed by atoms with van der Waals surface area (Å²) in [6, 6.07) is 5.64. The van der Waals surface area contributed by atoms with Crippen LogP contribution < -0.4 is 14.9 Å². The zero-order valence-corrected chi connectivity index (χ0v) is 14.8. The van der Waals surface area contributed by atoms with Gasteiger partial charge in [-0.05, 0) is 37.1 Å². The molecule has 1 fully saturated rings. The molecule has 0 atom stereocenters. The maximum Gasteiger partial charge on any atom is 0.240 e. The molecule has 0 saturated carbocycles.